The molecule has 0 heterocycles. The number of halogens is 2. The van der Waals surface area contributed by atoms with Gasteiger partial charge in [-0.2, -0.15) is 0 Å². The number of hydrogen-bond acceptors (Lipinski definition) is 1. The molecule has 0 spiro atoms. The van der Waals surface area contributed by atoms with E-state index in [1.807, 2.05) is 30.3 Å². The Bertz CT molecular complexity index is 540. The average Bonchev–Trinajstić information content (AvgIpc) is 2.45. The molecule has 2 rings (SSSR count). The van der Waals surface area contributed by atoms with Gasteiger partial charge in [-0.1, -0.05) is 42.5 Å². The summed E-state index contributed by atoms with van der Waals surface area (Å²) < 4.78 is 26.5. The van der Waals surface area contributed by atoms with Crippen LogP contribution < -0.4 is 0 Å². The standard InChI is InChI=1S/C17H18F2O/c18-16-11-5-9-14(17(16)19)12-15(20)10-4-8-13-6-2-1-3-7-13/h1-3,5-7,9,11,15,20H,4,8,10,12H2. The van der Waals surface area contributed by atoms with Crippen LogP contribution in [0.1, 0.15) is 24.0 Å². The van der Waals surface area contributed by atoms with Gasteiger partial charge in [0.15, 0.2) is 11.6 Å². The summed E-state index contributed by atoms with van der Waals surface area (Å²) in [6.07, 6.45) is 1.78. The highest BCUT2D eigenvalue weighted by Gasteiger charge is 2.12. The van der Waals surface area contributed by atoms with E-state index in [-0.39, 0.29) is 12.0 Å². The maximum atomic E-state index is 13.5. The van der Waals surface area contributed by atoms with E-state index in [1.165, 1.54) is 17.7 Å². The van der Waals surface area contributed by atoms with Crippen molar-refractivity contribution in [3.05, 3.63) is 71.3 Å². The molecule has 1 nitrogen and oxygen atoms in total. The van der Waals surface area contributed by atoms with Crippen LogP contribution in [-0.2, 0) is 12.8 Å². The second-order valence-electron chi connectivity index (χ2n) is 4.95. The van der Waals surface area contributed by atoms with Crippen molar-refractivity contribution in [2.24, 2.45) is 0 Å². The van der Waals surface area contributed by atoms with Crippen molar-refractivity contribution in [1.29, 1.82) is 0 Å². The normalized spacial score (nSPS) is 12.3. The predicted octanol–water partition coefficient (Wildman–Crippen LogP) is 3.89. The van der Waals surface area contributed by atoms with Gasteiger partial charge in [0.2, 0.25) is 0 Å². The van der Waals surface area contributed by atoms with Gasteiger partial charge in [-0.25, -0.2) is 8.78 Å². The quantitative estimate of drug-likeness (QED) is 0.848. The molecule has 1 atom stereocenters. The van der Waals surface area contributed by atoms with Gasteiger partial charge in [-0.05, 0) is 36.5 Å². The fraction of sp³-hybridized carbons (Fsp3) is 0.294. The number of hydrogen-bond donors (Lipinski definition) is 1. The van der Waals surface area contributed by atoms with Gasteiger partial charge < -0.3 is 5.11 Å². The van der Waals surface area contributed by atoms with Gasteiger partial charge in [0.05, 0.1) is 6.10 Å². The monoisotopic (exact) mass is 276 g/mol. The van der Waals surface area contributed by atoms with E-state index in [2.05, 4.69) is 0 Å². The molecule has 20 heavy (non-hydrogen) atoms. The minimum absolute atomic E-state index is 0.151. The maximum Gasteiger partial charge on any atom is 0.162 e. The van der Waals surface area contributed by atoms with E-state index < -0.39 is 17.7 Å². The van der Waals surface area contributed by atoms with Gasteiger partial charge in [-0.15, -0.1) is 0 Å². The summed E-state index contributed by atoms with van der Waals surface area (Å²) in [5.41, 5.74) is 1.45. The molecule has 3 heteroatoms. The van der Waals surface area contributed by atoms with Crippen LogP contribution in [0.4, 0.5) is 8.78 Å². The van der Waals surface area contributed by atoms with Crippen molar-refractivity contribution in [3.8, 4) is 0 Å². The van der Waals surface area contributed by atoms with Crippen molar-refractivity contribution in [1.82, 2.24) is 0 Å². The molecule has 0 aliphatic rings. The van der Waals surface area contributed by atoms with Gasteiger partial charge in [0, 0.05) is 6.42 Å². The molecule has 0 saturated carbocycles. The molecule has 0 aliphatic carbocycles. The second-order valence-corrected chi connectivity index (χ2v) is 4.95. The molecule has 1 unspecified atom stereocenters. The molecule has 0 radical (unpaired) electrons. The van der Waals surface area contributed by atoms with Crippen LogP contribution >= 0.6 is 0 Å². The van der Waals surface area contributed by atoms with E-state index in [1.54, 1.807) is 0 Å². The van der Waals surface area contributed by atoms with Gasteiger partial charge >= 0.3 is 0 Å². The Morgan fingerprint density at radius 2 is 1.70 bits per heavy atom. The zero-order chi connectivity index (χ0) is 14.4. The summed E-state index contributed by atoms with van der Waals surface area (Å²) in [7, 11) is 0. The van der Waals surface area contributed by atoms with E-state index in [0.717, 1.165) is 18.9 Å². The van der Waals surface area contributed by atoms with Crippen molar-refractivity contribution in [2.45, 2.75) is 31.8 Å². The Hall–Kier alpha value is -1.74. The summed E-state index contributed by atoms with van der Waals surface area (Å²) in [6.45, 7) is 0. The Morgan fingerprint density at radius 1 is 0.950 bits per heavy atom. The molecule has 0 amide bonds. The summed E-state index contributed by atoms with van der Waals surface area (Å²) >= 11 is 0. The zero-order valence-corrected chi connectivity index (χ0v) is 11.2. The minimum Gasteiger partial charge on any atom is -0.393 e. The molecule has 0 aromatic heterocycles. The summed E-state index contributed by atoms with van der Waals surface area (Å²) in [5, 5.41) is 9.91. The molecule has 2 aromatic carbocycles. The fourth-order valence-electron chi connectivity index (χ4n) is 2.25. The lowest BCUT2D eigenvalue weighted by Gasteiger charge is -2.11. The average molecular weight is 276 g/mol. The molecule has 0 saturated heterocycles. The largest absolute Gasteiger partial charge is 0.393 e. The first kappa shape index (κ1) is 14.7. The second kappa shape index (κ2) is 7.15. The van der Waals surface area contributed by atoms with Crippen LogP contribution in [0.5, 0.6) is 0 Å². The zero-order valence-electron chi connectivity index (χ0n) is 11.2. The predicted molar refractivity (Wildman–Crippen MR) is 75.4 cm³/mol. The first-order valence-corrected chi connectivity index (χ1v) is 6.81. The number of aryl methyl sites for hydroxylation is 1. The maximum absolute atomic E-state index is 13.5. The molecule has 0 bridgehead atoms. The van der Waals surface area contributed by atoms with Crippen LogP contribution in [0.15, 0.2) is 48.5 Å². The van der Waals surface area contributed by atoms with Crippen molar-refractivity contribution < 1.29 is 13.9 Å². The van der Waals surface area contributed by atoms with E-state index in [4.69, 9.17) is 0 Å². The number of rotatable bonds is 6. The lowest BCUT2D eigenvalue weighted by Crippen LogP contribution is -2.12. The Labute approximate surface area is 117 Å². The third kappa shape index (κ3) is 4.14. The topological polar surface area (TPSA) is 20.2 Å². The van der Waals surface area contributed by atoms with Crippen LogP contribution in [0.3, 0.4) is 0 Å². The summed E-state index contributed by atoms with van der Waals surface area (Å²) in [4.78, 5) is 0. The highest BCUT2D eigenvalue weighted by molar-refractivity contribution is 5.19. The van der Waals surface area contributed by atoms with Crippen molar-refractivity contribution >= 4 is 0 Å². The minimum atomic E-state index is -0.862. The lowest BCUT2D eigenvalue weighted by atomic mass is 10.0. The fourth-order valence-corrected chi connectivity index (χ4v) is 2.25. The van der Waals surface area contributed by atoms with E-state index in [0.29, 0.717) is 6.42 Å². The van der Waals surface area contributed by atoms with Crippen LogP contribution in [-0.4, -0.2) is 11.2 Å². The van der Waals surface area contributed by atoms with Crippen molar-refractivity contribution in [2.75, 3.05) is 0 Å². The highest BCUT2D eigenvalue weighted by Crippen LogP contribution is 2.15. The Kier molecular flexibility index (Phi) is 5.24. The molecule has 0 fully saturated rings. The van der Waals surface area contributed by atoms with Crippen LogP contribution in [0, 0.1) is 11.6 Å². The van der Waals surface area contributed by atoms with Crippen LogP contribution in [0.25, 0.3) is 0 Å². The molecular weight excluding hydrogens is 258 g/mol. The van der Waals surface area contributed by atoms with Gasteiger partial charge in [0.1, 0.15) is 0 Å². The van der Waals surface area contributed by atoms with Gasteiger partial charge in [-0.3, -0.25) is 0 Å². The summed E-state index contributed by atoms with van der Waals surface area (Å²) in [5.74, 6) is -1.71. The third-order valence-corrected chi connectivity index (χ3v) is 3.33. The number of aliphatic hydroxyl groups excluding tert-OH is 1. The molecule has 106 valence electrons. The SMILES string of the molecule is OC(CCCc1ccccc1)Cc1cccc(F)c1F. The third-order valence-electron chi connectivity index (χ3n) is 3.33. The Morgan fingerprint density at radius 3 is 2.45 bits per heavy atom. The number of benzene rings is 2. The highest BCUT2D eigenvalue weighted by atomic mass is 19.2. The van der Waals surface area contributed by atoms with Gasteiger partial charge in [0.25, 0.3) is 0 Å². The summed E-state index contributed by atoms with van der Waals surface area (Å²) in [6, 6.07) is 14.1. The molecular formula is C17H18F2O. The Balaban J connectivity index is 1.81. The molecule has 1 N–H and O–H groups in total. The number of aliphatic hydroxyl groups is 1. The van der Waals surface area contributed by atoms with E-state index in [9.17, 15) is 13.9 Å². The molecule has 0 aliphatic heterocycles. The smallest absolute Gasteiger partial charge is 0.162 e. The lowest BCUT2D eigenvalue weighted by molar-refractivity contribution is 0.160. The molecule has 2 aromatic rings. The van der Waals surface area contributed by atoms with E-state index >= 15 is 0 Å². The van der Waals surface area contributed by atoms with Crippen LogP contribution in [0.2, 0.25) is 0 Å². The first-order valence-electron chi connectivity index (χ1n) is 6.81. The first-order chi connectivity index (χ1) is 9.66. The van der Waals surface area contributed by atoms with Crippen molar-refractivity contribution in [3.63, 3.8) is 0 Å².